The van der Waals surface area contributed by atoms with Crippen molar-refractivity contribution in [3.05, 3.63) is 54.2 Å². The Morgan fingerprint density at radius 1 is 0.893 bits per heavy atom. The van der Waals surface area contributed by atoms with Crippen LogP contribution in [0.4, 0.5) is 5.82 Å². The van der Waals surface area contributed by atoms with E-state index in [0.29, 0.717) is 5.15 Å². The van der Waals surface area contributed by atoms with Gasteiger partial charge in [0.05, 0.1) is 0 Å². The molecular formula is C19H23ClN8. The molecule has 0 radical (unpaired) electrons. The van der Waals surface area contributed by atoms with Gasteiger partial charge in [0.25, 0.3) is 0 Å². The molecule has 5 rings (SSSR count). The number of hydrogen-bond acceptors (Lipinski definition) is 6. The number of anilines is 1. The third-order valence-electron chi connectivity index (χ3n) is 4.63. The zero-order valence-electron chi connectivity index (χ0n) is 15.6. The molecule has 1 aliphatic heterocycles. The number of nitrogens with one attached hydrogen (secondary N) is 1. The Morgan fingerprint density at radius 3 is 2.32 bits per heavy atom. The molecular weight excluding hydrogens is 376 g/mol. The lowest BCUT2D eigenvalue weighted by Gasteiger charge is -2.14. The maximum absolute atomic E-state index is 5.62. The van der Waals surface area contributed by atoms with Crippen LogP contribution in [-0.4, -0.2) is 60.3 Å². The lowest BCUT2D eigenvalue weighted by atomic mass is 10.4. The fraction of sp³-hybridized carbons (Fsp3) is 0.368. The Labute approximate surface area is 168 Å². The highest BCUT2D eigenvalue weighted by atomic mass is 35.5. The zero-order chi connectivity index (χ0) is 19.2. The Bertz CT molecular complexity index is 1020. The molecule has 0 unspecified atom stereocenters. The van der Waals surface area contributed by atoms with Crippen LogP contribution in [-0.2, 0) is 0 Å². The first-order chi connectivity index (χ1) is 13.8. The highest BCUT2D eigenvalue weighted by Crippen LogP contribution is 2.08. The number of nitrogens with zero attached hydrogens (tertiary/aromatic N) is 7. The van der Waals surface area contributed by atoms with E-state index in [2.05, 4.69) is 30.4 Å². The molecule has 28 heavy (non-hydrogen) atoms. The number of rotatable bonds is 5. The van der Waals surface area contributed by atoms with Crippen LogP contribution >= 0.6 is 11.6 Å². The molecule has 1 aliphatic rings. The minimum Gasteiger partial charge on any atom is -0.369 e. The van der Waals surface area contributed by atoms with Crippen molar-refractivity contribution >= 4 is 28.7 Å². The third-order valence-corrected chi connectivity index (χ3v) is 4.84. The van der Waals surface area contributed by atoms with E-state index in [0.717, 1.165) is 23.7 Å². The van der Waals surface area contributed by atoms with Gasteiger partial charge in [0, 0.05) is 31.3 Å². The summed E-state index contributed by atoms with van der Waals surface area (Å²) in [6, 6.07) is 7.49. The molecule has 4 aromatic rings. The second-order valence-corrected chi connectivity index (χ2v) is 7.05. The first kappa shape index (κ1) is 18.6. The van der Waals surface area contributed by atoms with E-state index in [1.807, 2.05) is 24.4 Å². The van der Waals surface area contributed by atoms with Crippen LogP contribution < -0.4 is 5.32 Å². The molecule has 0 aliphatic carbocycles. The number of likely N-dealkylation sites (tertiary alicyclic amines) is 1. The van der Waals surface area contributed by atoms with Crippen molar-refractivity contribution < 1.29 is 0 Å². The quantitative estimate of drug-likeness (QED) is 0.521. The molecule has 1 fully saturated rings. The third kappa shape index (κ3) is 4.76. The lowest BCUT2D eigenvalue weighted by Crippen LogP contribution is -2.22. The van der Waals surface area contributed by atoms with Crippen molar-refractivity contribution in [2.24, 2.45) is 0 Å². The summed E-state index contributed by atoms with van der Waals surface area (Å²) in [4.78, 5) is 10.7. The summed E-state index contributed by atoms with van der Waals surface area (Å²) in [7, 11) is 0. The van der Waals surface area contributed by atoms with Crippen LogP contribution in [0.25, 0.3) is 11.3 Å². The average molecular weight is 399 g/mol. The van der Waals surface area contributed by atoms with E-state index in [9.17, 15) is 0 Å². The zero-order valence-corrected chi connectivity index (χ0v) is 16.3. The fourth-order valence-corrected chi connectivity index (χ4v) is 3.37. The topological polar surface area (TPSA) is 75.7 Å². The van der Waals surface area contributed by atoms with Gasteiger partial charge in [0.1, 0.15) is 11.0 Å². The van der Waals surface area contributed by atoms with Gasteiger partial charge in [-0.2, -0.15) is 5.10 Å². The number of aromatic nitrogens is 6. The summed E-state index contributed by atoms with van der Waals surface area (Å²) >= 11 is 5.62. The summed E-state index contributed by atoms with van der Waals surface area (Å²) in [6.07, 6.45) is 11.0. The lowest BCUT2D eigenvalue weighted by molar-refractivity contribution is 0.337. The normalized spacial score (nSPS) is 14.3. The van der Waals surface area contributed by atoms with Crippen molar-refractivity contribution in [1.82, 2.24) is 34.1 Å². The Balaban J connectivity index is 0.000000162. The fourth-order valence-electron chi connectivity index (χ4n) is 3.23. The molecule has 4 aromatic heterocycles. The Morgan fingerprint density at radius 2 is 1.57 bits per heavy atom. The SMILES string of the molecule is Clc1ccc2nccn2n1.c1cn2nc(NCCCN3CCCC3)ccc2n1. The number of fused-ring (bicyclic) bond motifs is 2. The predicted octanol–water partition coefficient (Wildman–Crippen LogP) is 3.01. The molecule has 146 valence electrons. The van der Waals surface area contributed by atoms with Gasteiger partial charge in [-0.1, -0.05) is 11.6 Å². The number of halogens is 1. The number of hydrogen-bond donors (Lipinski definition) is 1. The van der Waals surface area contributed by atoms with Gasteiger partial charge in [0.15, 0.2) is 11.3 Å². The minimum absolute atomic E-state index is 0.477. The highest BCUT2D eigenvalue weighted by molar-refractivity contribution is 6.29. The summed E-state index contributed by atoms with van der Waals surface area (Å²) in [5, 5.41) is 12.2. The molecule has 0 spiro atoms. The van der Waals surface area contributed by atoms with Gasteiger partial charge in [0.2, 0.25) is 0 Å². The molecule has 5 heterocycles. The molecule has 0 saturated carbocycles. The van der Waals surface area contributed by atoms with Crippen LogP contribution in [0.15, 0.2) is 49.1 Å². The smallest absolute Gasteiger partial charge is 0.153 e. The van der Waals surface area contributed by atoms with Gasteiger partial charge < -0.3 is 10.2 Å². The molecule has 1 saturated heterocycles. The monoisotopic (exact) mass is 398 g/mol. The molecule has 0 amide bonds. The van der Waals surface area contributed by atoms with Crippen molar-refractivity contribution in [2.75, 3.05) is 31.5 Å². The summed E-state index contributed by atoms with van der Waals surface area (Å²) in [5.41, 5.74) is 1.70. The maximum Gasteiger partial charge on any atom is 0.153 e. The van der Waals surface area contributed by atoms with Crippen molar-refractivity contribution in [2.45, 2.75) is 19.3 Å². The molecule has 0 atom stereocenters. The van der Waals surface area contributed by atoms with Gasteiger partial charge in [-0.25, -0.2) is 19.0 Å². The first-order valence-electron chi connectivity index (χ1n) is 9.50. The van der Waals surface area contributed by atoms with Crippen molar-refractivity contribution in [3.63, 3.8) is 0 Å². The standard InChI is InChI=1S/C13H19N5.C6H4ClN3/c1-2-9-17(8-1)10-3-6-14-12-4-5-13-15-7-11-18(13)16-12;7-5-1-2-6-8-3-4-10(6)9-5/h4-5,7,11H,1-3,6,8-10H2,(H,14,16);1-4H. The van der Waals surface area contributed by atoms with Crippen molar-refractivity contribution in [3.8, 4) is 0 Å². The highest BCUT2D eigenvalue weighted by Gasteiger charge is 2.10. The Kier molecular flexibility index (Phi) is 5.98. The largest absolute Gasteiger partial charge is 0.369 e. The van der Waals surface area contributed by atoms with Crippen LogP contribution in [0.2, 0.25) is 5.15 Å². The first-order valence-corrected chi connectivity index (χ1v) is 9.88. The molecule has 1 N–H and O–H groups in total. The molecule has 0 bridgehead atoms. The number of imidazole rings is 2. The van der Waals surface area contributed by atoms with Gasteiger partial charge >= 0.3 is 0 Å². The van der Waals surface area contributed by atoms with E-state index in [1.54, 1.807) is 33.7 Å². The van der Waals surface area contributed by atoms with E-state index in [4.69, 9.17) is 11.6 Å². The predicted molar refractivity (Wildman–Crippen MR) is 110 cm³/mol. The van der Waals surface area contributed by atoms with Gasteiger partial charge in [-0.3, -0.25) is 0 Å². The minimum atomic E-state index is 0.477. The van der Waals surface area contributed by atoms with Crippen LogP contribution in [0.3, 0.4) is 0 Å². The van der Waals surface area contributed by atoms with Crippen molar-refractivity contribution in [1.29, 1.82) is 0 Å². The van der Waals surface area contributed by atoms with Gasteiger partial charge in [-0.15, -0.1) is 5.10 Å². The van der Waals surface area contributed by atoms with E-state index in [1.165, 1.54) is 38.9 Å². The van der Waals surface area contributed by atoms with E-state index in [-0.39, 0.29) is 0 Å². The molecule has 9 heteroatoms. The van der Waals surface area contributed by atoms with E-state index >= 15 is 0 Å². The second-order valence-electron chi connectivity index (χ2n) is 6.66. The van der Waals surface area contributed by atoms with E-state index < -0.39 is 0 Å². The maximum atomic E-state index is 5.62. The summed E-state index contributed by atoms with van der Waals surface area (Å²) < 4.78 is 3.42. The van der Waals surface area contributed by atoms with Crippen LogP contribution in [0.5, 0.6) is 0 Å². The Hall–Kier alpha value is -2.71. The summed E-state index contributed by atoms with van der Waals surface area (Å²) in [5.74, 6) is 0.918. The van der Waals surface area contributed by atoms with Crippen LogP contribution in [0, 0.1) is 0 Å². The molecule has 0 aromatic carbocycles. The second kappa shape index (κ2) is 8.99. The molecule has 8 nitrogen and oxygen atoms in total. The van der Waals surface area contributed by atoms with Crippen LogP contribution in [0.1, 0.15) is 19.3 Å². The summed E-state index contributed by atoms with van der Waals surface area (Å²) in [6.45, 7) is 4.72. The van der Waals surface area contributed by atoms with Gasteiger partial charge in [-0.05, 0) is 63.2 Å². The average Bonchev–Trinajstić information content (AvgIpc) is 3.46.